The van der Waals surface area contributed by atoms with E-state index in [9.17, 15) is 0 Å². The lowest BCUT2D eigenvalue weighted by Gasteiger charge is -2.19. The lowest BCUT2D eigenvalue weighted by atomic mass is 10.0. The maximum absolute atomic E-state index is 6.31. The topological polar surface area (TPSA) is 42.7 Å². The highest BCUT2D eigenvalue weighted by atomic mass is 35.5. The fourth-order valence-corrected chi connectivity index (χ4v) is 2.59. The lowest BCUT2D eigenvalue weighted by Crippen LogP contribution is -2.25. The molecule has 0 aliphatic heterocycles. The first-order chi connectivity index (χ1) is 9.76. The van der Waals surface area contributed by atoms with E-state index in [0.29, 0.717) is 0 Å². The molecule has 20 heavy (non-hydrogen) atoms. The van der Waals surface area contributed by atoms with E-state index in [1.807, 2.05) is 22.9 Å². The first-order valence-electron chi connectivity index (χ1n) is 7.10. The van der Waals surface area contributed by atoms with Gasteiger partial charge in [-0.05, 0) is 24.6 Å². The monoisotopic (exact) mass is 292 g/mol. The Morgan fingerprint density at radius 1 is 1.30 bits per heavy atom. The Morgan fingerprint density at radius 3 is 2.80 bits per heavy atom. The molecule has 2 rings (SSSR count). The third-order valence-corrected chi connectivity index (χ3v) is 3.59. The van der Waals surface area contributed by atoms with Gasteiger partial charge in [0, 0.05) is 24.0 Å². The van der Waals surface area contributed by atoms with E-state index in [4.69, 9.17) is 11.6 Å². The molecule has 1 N–H and O–H groups in total. The SMILES string of the molecule is CCCn1ncnc1CC(NCC)c1ccccc1Cl. The van der Waals surface area contributed by atoms with Gasteiger partial charge >= 0.3 is 0 Å². The summed E-state index contributed by atoms with van der Waals surface area (Å²) in [6.45, 7) is 6.02. The molecule has 1 atom stereocenters. The van der Waals surface area contributed by atoms with Crippen LogP contribution in [0.3, 0.4) is 0 Å². The molecule has 0 fully saturated rings. The van der Waals surface area contributed by atoms with Gasteiger partial charge < -0.3 is 5.32 Å². The summed E-state index contributed by atoms with van der Waals surface area (Å²) in [4.78, 5) is 4.38. The fourth-order valence-electron chi connectivity index (χ4n) is 2.32. The fraction of sp³-hybridized carbons (Fsp3) is 0.467. The zero-order chi connectivity index (χ0) is 14.4. The number of rotatable bonds is 7. The van der Waals surface area contributed by atoms with E-state index < -0.39 is 0 Å². The van der Waals surface area contributed by atoms with Gasteiger partial charge in [0.25, 0.3) is 0 Å². The average molecular weight is 293 g/mol. The van der Waals surface area contributed by atoms with E-state index in [2.05, 4.69) is 35.3 Å². The van der Waals surface area contributed by atoms with Gasteiger partial charge in [0.2, 0.25) is 0 Å². The highest BCUT2D eigenvalue weighted by Gasteiger charge is 2.17. The van der Waals surface area contributed by atoms with Crippen LogP contribution in [0, 0.1) is 0 Å². The van der Waals surface area contributed by atoms with Gasteiger partial charge in [0.15, 0.2) is 0 Å². The Balaban J connectivity index is 2.21. The molecule has 0 spiro atoms. The molecule has 1 aromatic heterocycles. The highest BCUT2D eigenvalue weighted by Crippen LogP contribution is 2.25. The maximum atomic E-state index is 6.31. The van der Waals surface area contributed by atoms with Gasteiger partial charge in [-0.3, -0.25) is 4.68 Å². The summed E-state index contributed by atoms with van der Waals surface area (Å²) in [5.74, 6) is 0.998. The second-order valence-electron chi connectivity index (χ2n) is 4.74. The number of halogens is 1. The minimum absolute atomic E-state index is 0.161. The van der Waals surface area contributed by atoms with Gasteiger partial charge in [0.1, 0.15) is 12.2 Å². The van der Waals surface area contributed by atoms with Crippen molar-refractivity contribution in [1.29, 1.82) is 0 Å². The van der Waals surface area contributed by atoms with Crippen LogP contribution in [0.2, 0.25) is 5.02 Å². The number of nitrogens with zero attached hydrogens (tertiary/aromatic N) is 3. The number of likely N-dealkylation sites (N-methyl/N-ethyl adjacent to an activating group) is 1. The summed E-state index contributed by atoms with van der Waals surface area (Å²) >= 11 is 6.31. The molecule has 1 unspecified atom stereocenters. The molecule has 0 saturated carbocycles. The van der Waals surface area contributed by atoms with Gasteiger partial charge in [-0.2, -0.15) is 5.10 Å². The van der Waals surface area contributed by atoms with E-state index in [0.717, 1.165) is 42.3 Å². The zero-order valence-corrected chi connectivity index (χ0v) is 12.8. The van der Waals surface area contributed by atoms with E-state index in [1.54, 1.807) is 6.33 Å². The molecule has 1 aromatic carbocycles. The lowest BCUT2D eigenvalue weighted by molar-refractivity contribution is 0.499. The molecular weight excluding hydrogens is 272 g/mol. The molecule has 2 aromatic rings. The third kappa shape index (κ3) is 3.58. The van der Waals surface area contributed by atoms with E-state index in [1.165, 1.54) is 0 Å². The predicted octanol–water partition coefficient (Wildman–Crippen LogP) is 3.23. The third-order valence-electron chi connectivity index (χ3n) is 3.25. The number of benzene rings is 1. The van der Waals surface area contributed by atoms with Gasteiger partial charge in [-0.1, -0.05) is 43.6 Å². The minimum Gasteiger partial charge on any atom is -0.310 e. The normalized spacial score (nSPS) is 12.6. The second-order valence-corrected chi connectivity index (χ2v) is 5.14. The van der Waals surface area contributed by atoms with Crippen molar-refractivity contribution >= 4 is 11.6 Å². The summed E-state index contributed by atoms with van der Waals surface area (Å²) in [5, 5.41) is 8.55. The van der Waals surface area contributed by atoms with Crippen LogP contribution in [0.25, 0.3) is 0 Å². The van der Waals surface area contributed by atoms with Crippen LogP contribution in [0.5, 0.6) is 0 Å². The van der Waals surface area contributed by atoms with Crippen molar-refractivity contribution < 1.29 is 0 Å². The maximum Gasteiger partial charge on any atom is 0.138 e. The molecule has 4 nitrogen and oxygen atoms in total. The molecule has 108 valence electrons. The van der Waals surface area contributed by atoms with Gasteiger partial charge in [-0.25, -0.2) is 4.98 Å². The van der Waals surface area contributed by atoms with Gasteiger partial charge in [-0.15, -0.1) is 0 Å². The number of nitrogens with one attached hydrogen (secondary N) is 1. The smallest absolute Gasteiger partial charge is 0.138 e. The molecule has 0 amide bonds. The molecule has 0 aliphatic rings. The zero-order valence-electron chi connectivity index (χ0n) is 12.0. The average Bonchev–Trinajstić information content (AvgIpc) is 2.87. The quantitative estimate of drug-likeness (QED) is 0.852. The molecule has 0 bridgehead atoms. The first kappa shape index (κ1) is 15.0. The van der Waals surface area contributed by atoms with Crippen LogP contribution < -0.4 is 5.32 Å². The number of hydrogen-bond donors (Lipinski definition) is 1. The summed E-state index contributed by atoms with van der Waals surface area (Å²) in [5.41, 5.74) is 1.11. The molecule has 0 radical (unpaired) electrons. The standard InChI is InChI=1S/C15H21ClN4/c1-3-9-20-15(18-11-19-20)10-14(17-4-2)12-7-5-6-8-13(12)16/h5-8,11,14,17H,3-4,9-10H2,1-2H3. The Labute approximate surface area is 125 Å². The van der Waals surface area contributed by atoms with Crippen LogP contribution in [0.4, 0.5) is 0 Å². The highest BCUT2D eigenvalue weighted by molar-refractivity contribution is 6.31. The summed E-state index contributed by atoms with van der Waals surface area (Å²) in [6.07, 6.45) is 3.46. The van der Waals surface area contributed by atoms with Crippen molar-refractivity contribution in [2.75, 3.05) is 6.54 Å². The molecule has 1 heterocycles. The largest absolute Gasteiger partial charge is 0.310 e. The molecule has 5 heteroatoms. The Morgan fingerprint density at radius 2 is 2.10 bits per heavy atom. The van der Waals surface area contributed by atoms with Crippen LogP contribution in [-0.4, -0.2) is 21.3 Å². The van der Waals surface area contributed by atoms with Crippen LogP contribution in [0.15, 0.2) is 30.6 Å². The van der Waals surface area contributed by atoms with Crippen molar-refractivity contribution in [3.8, 4) is 0 Å². The van der Waals surface area contributed by atoms with Crippen molar-refractivity contribution in [2.24, 2.45) is 0 Å². The van der Waals surface area contributed by atoms with Crippen LogP contribution in [0.1, 0.15) is 37.7 Å². The van der Waals surface area contributed by atoms with Crippen molar-refractivity contribution in [3.63, 3.8) is 0 Å². The predicted molar refractivity (Wildman–Crippen MR) is 81.9 cm³/mol. The molecule has 0 aliphatic carbocycles. The Hall–Kier alpha value is -1.39. The van der Waals surface area contributed by atoms with Crippen LogP contribution >= 0.6 is 11.6 Å². The van der Waals surface area contributed by atoms with Gasteiger partial charge in [0.05, 0.1) is 0 Å². The van der Waals surface area contributed by atoms with Crippen molar-refractivity contribution in [3.05, 3.63) is 47.0 Å². The number of aromatic nitrogens is 3. The summed E-state index contributed by atoms with van der Waals surface area (Å²) in [7, 11) is 0. The number of hydrogen-bond acceptors (Lipinski definition) is 3. The Kier molecular flexibility index (Phi) is 5.56. The van der Waals surface area contributed by atoms with E-state index >= 15 is 0 Å². The number of aryl methyl sites for hydroxylation is 1. The second kappa shape index (κ2) is 7.41. The van der Waals surface area contributed by atoms with Crippen molar-refractivity contribution in [2.45, 2.75) is 39.3 Å². The first-order valence-corrected chi connectivity index (χ1v) is 7.48. The molecule has 0 saturated heterocycles. The molecular formula is C15H21ClN4. The Bertz CT molecular complexity index is 538. The van der Waals surface area contributed by atoms with Crippen LogP contribution in [-0.2, 0) is 13.0 Å². The minimum atomic E-state index is 0.161. The van der Waals surface area contributed by atoms with E-state index in [-0.39, 0.29) is 6.04 Å². The summed E-state index contributed by atoms with van der Waals surface area (Å²) in [6, 6.07) is 8.12. The summed E-state index contributed by atoms with van der Waals surface area (Å²) < 4.78 is 1.97. The van der Waals surface area contributed by atoms with Crippen molar-refractivity contribution in [1.82, 2.24) is 20.1 Å².